The third-order valence-corrected chi connectivity index (χ3v) is 4.72. The van der Waals surface area contributed by atoms with Gasteiger partial charge in [0.05, 0.1) is 5.56 Å². The lowest BCUT2D eigenvalue weighted by Crippen LogP contribution is -2.29. The summed E-state index contributed by atoms with van der Waals surface area (Å²) in [5, 5.41) is 0.00623. The second-order valence-corrected chi connectivity index (χ2v) is 6.67. The molecule has 0 spiro atoms. The Hall–Kier alpha value is -2.14. The van der Waals surface area contributed by atoms with Gasteiger partial charge in [0.15, 0.2) is 0 Å². The summed E-state index contributed by atoms with van der Waals surface area (Å²) in [5.41, 5.74) is 1.55. The molecule has 2 aromatic rings. The predicted octanol–water partition coefficient (Wildman–Crippen LogP) is 3.18. The van der Waals surface area contributed by atoms with E-state index in [0.717, 1.165) is 18.4 Å². The Labute approximate surface area is 144 Å². The molecule has 1 aromatic heterocycles. The number of carbonyl (C=O) groups excluding carboxylic acids is 1. The minimum absolute atomic E-state index is 0.00623. The maximum absolute atomic E-state index is 13.6. The topological polar surface area (TPSA) is 53.2 Å². The van der Waals surface area contributed by atoms with E-state index in [2.05, 4.69) is 4.98 Å². The first-order valence-electron chi connectivity index (χ1n) is 7.86. The van der Waals surface area contributed by atoms with E-state index < -0.39 is 5.56 Å². The number of carbonyl (C=O) groups is 1. The fourth-order valence-corrected chi connectivity index (χ4v) is 3.21. The summed E-state index contributed by atoms with van der Waals surface area (Å²) in [5.74, 6) is -0.0404. The molecule has 3 rings (SSSR count). The van der Waals surface area contributed by atoms with Crippen LogP contribution in [-0.2, 0) is 6.42 Å². The average Bonchev–Trinajstić information content (AvgIpc) is 3.01. The van der Waals surface area contributed by atoms with Gasteiger partial charge in [-0.1, -0.05) is 23.7 Å². The minimum atomic E-state index is -0.408. The molecule has 1 atom stereocenters. The number of nitrogens with one attached hydrogen (secondary N) is 1. The molecule has 1 fully saturated rings. The highest BCUT2D eigenvalue weighted by molar-refractivity contribution is 6.30. The van der Waals surface area contributed by atoms with Crippen LogP contribution in [0.25, 0.3) is 0 Å². The smallest absolute Gasteiger partial charge is 0.266 e. The Morgan fingerprint density at radius 2 is 2.21 bits per heavy atom. The van der Waals surface area contributed by atoms with Crippen LogP contribution < -0.4 is 5.56 Å². The van der Waals surface area contributed by atoms with Crippen LogP contribution >= 0.6 is 11.6 Å². The third-order valence-electron chi connectivity index (χ3n) is 4.44. The number of rotatable bonds is 3. The summed E-state index contributed by atoms with van der Waals surface area (Å²) >= 11 is 5.78. The molecule has 0 saturated carbocycles. The molecule has 2 heterocycles. The minimum Gasteiger partial charge on any atom is -0.338 e. The second kappa shape index (κ2) is 6.77. The zero-order valence-electron chi connectivity index (χ0n) is 13.3. The van der Waals surface area contributed by atoms with Crippen LogP contribution in [0, 0.1) is 18.7 Å². The Morgan fingerprint density at radius 1 is 1.42 bits per heavy atom. The van der Waals surface area contributed by atoms with Crippen molar-refractivity contribution in [1.29, 1.82) is 0 Å². The van der Waals surface area contributed by atoms with Crippen LogP contribution in [-0.4, -0.2) is 28.9 Å². The monoisotopic (exact) mass is 348 g/mol. The zero-order valence-corrected chi connectivity index (χ0v) is 14.1. The average molecular weight is 349 g/mol. The van der Waals surface area contributed by atoms with Crippen molar-refractivity contribution < 1.29 is 9.18 Å². The number of aromatic nitrogens is 1. The van der Waals surface area contributed by atoms with Gasteiger partial charge in [0.1, 0.15) is 10.8 Å². The largest absolute Gasteiger partial charge is 0.338 e. The van der Waals surface area contributed by atoms with Crippen LogP contribution in [0.3, 0.4) is 0 Å². The van der Waals surface area contributed by atoms with Gasteiger partial charge in [-0.3, -0.25) is 9.59 Å². The molecule has 0 bridgehead atoms. The molecule has 1 saturated heterocycles. The molecule has 1 amide bonds. The Bertz CT molecular complexity index is 834. The third kappa shape index (κ3) is 3.51. The van der Waals surface area contributed by atoms with E-state index in [1.54, 1.807) is 24.0 Å². The fraction of sp³-hybridized carbons (Fsp3) is 0.333. The van der Waals surface area contributed by atoms with Crippen molar-refractivity contribution in [3.8, 4) is 0 Å². The van der Waals surface area contributed by atoms with Crippen molar-refractivity contribution in [3.63, 3.8) is 0 Å². The summed E-state index contributed by atoms with van der Waals surface area (Å²) in [4.78, 5) is 28.0. The second-order valence-electron chi connectivity index (χ2n) is 6.26. The van der Waals surface area contributed by atoms with Gasteiger partial charge in [0.2, 0.25) is 0 Å². The molecule has 1 aliphatic heterocycles. The Balaban J connectivity index is 1.66. The van der Waals surface area contributed by atoms with Crippen LogP contribution in [0.4, 0.5) is 4.39 Å². The van der Waals surface area contributed by atoms with Gasteiger partial charge in [-0.25, -0.2) is 4.39 Å². The van der Waals surface area contributed by atoms with Crippen molar-refractivity contribution in [2.45, 2.75) is 19.8 Å². The van der Waals surface area contributed by atoms with E-state index in [4.69, 9.17) is 11.6 Å². The van der Waals surface area contributed by atoms with E-state index >= 15 is 0 Å². The number of hydrogen-bond donors (Lipinski definition) is 1. The van der Waals surface area contributed by atoms with Gasteiger partial charge in [-0.05, 0) is 48.9 Å². The van der Waals surface area contributed by atoms with Crippen LogP contribution in [0.5, 0.6) is 0 Å². The number of H-pyrrole nitrogens is 1. The van der Waals surface area contributed by atoms with E-state index in [9.17, 15) is 14.0 Å². The molecule has 1 unspecified atom stereocenters. The molecule has 126 valence electrons. The van der Waals surface area contributed by atoms with Crippen LogP contribution in [0.1, 0.15) is 27.9 Å². The SMILES string of the molecule is Cc1ccc(CC2CCN(C(=O)c3c[nH]c(=O)c(Cl)c3)C2)cc1F. The first-order valence-corrected chi connectivity index (χ1v) is 8.24. The number of amides is 1. The van der Waals surface area contributed by atoms with Crippen molar-refractivity contribution in [2.24, 2.45) is 5.92 Å². The number of hydrogen-bond acceptors (Lipinski definition) is 2. The fourth-order valence-electron chi connectivity index (χ4n) is 3.04. The normalized spacial score (nSPS) is 17.3. The lowest BCUT2D eigenvalue weighted by Gasteiger charge is -2.17. The number of aromatic amines is 1. The molecular formula is C18H18ClFN2O2. The lowest BCUT2D eigenvalue weighted by atomic mass is 9.98. The van der Waals surface area contributed by atoms with Crippen molar-refractivity contribution in [2.75, 3.05) is 13.1 Å². The molecular weight excluding hydrogens is 331 g/mol. The standard InChI is InChI=1S/C18H18ClFN2O2/c1-11-2-3-12(7-16(11)20)6-13-4-5-22(10-13)18(24)14-8-15(19)17(23)21-9-14/h2-3,7-9,13H,4-6,10H2,1H3,(H,21,23). The van der Waals surface area contributed by atoms with Crippen LogP contribution in [0.15, 0.2) is 35.3 Å². The first-order chi connectivity index (χ1) is 11.4. The number of aryl methyl sites for hydroxylation is 1. The summed E-state index contributed by atoms with van der Waals surface area (Å²) < 4.78 is 13.6. The first kappa shape index (κ1) is 16.7. The zero-order chi connectivity index (χ0) is 17.3. The number of benzene rings is 1. The number of likely N-dealkylation sites (tertiary alicyclic amines) is 1. The Kier molecular flexibility index (Phi) is 4.71. The maximum Gasteiger partial charge on any atom is 0.266 e. The van der Waals surface area contributed by atoms with Crippen LogP contribution in [0.2, 0.25) is 5.02 Å². The van der Waals surface area contributed by atoms with Gasteiger partial charge in [-0.15, -0.1) is 0 Å². The van der Waals surface area contributed by atoms with Gasteiger partial charge in [-0.2, -0.15) is 0 Å². The number of nitrogens with zero attached hydrogens (tertiary/aromatic N) is 1. The molecule has 0 radical (unpaired) electrons. The highest BCUT2D eigenvalue weighted by Crippen LogP contribution is 2.23. The molecule has 1 aliphatic rings. The highest BCUT2D eigenvalue weighted by Gasteiger charge is 2.27. The predicted molar refractivity (Wildman–Crippen MR) is 90.9 cm³/mol. The van der Waals surface area contributed by atoms with Crippen molar-refractivity contribution in [3.05, 3.63) is 68.3 Å². The van der Waals surface area contributed by atoms with Crippen molar-refractivity contribution >= 4 is 17.5 Å². The molecule has 0 aliphatic carbocycles. The van der Waals surface area contributed by atoms with Gasteiger partial charge >= 0.3 is 0 Å². The van der Waals surface area contributed by atoms with Crippen molar-refractivity contribution in [1.82, 2.24) is 9.88 Å². The van der Waals surface area contributed by atoms with Gasteiger partial charge in [0.25, 0.3) is 11.5 Å². The summed E-state index contributed by atoms with van der Waals surface area (Å²) in [6.07, 6.45) is 3.00. The number of halogens is 2. The van der Waals surface area contributed by atoms with E-state index in [-0.39, 0.29) is 16.7 Å². The molecule has 1 aromatic carbocycles. The summed E-state index contributed by atoms with van der Waals surface area (Å²) in [7, 11) is 0. The summed E-state index contributed by atoms with van der Waals surface area (Å²) in [6.45, 7) is 3.00. The lowest BCUT2D eigenvalue weighted by molar-refractivity contribution is 0.0786. The molecule has 6 heteroatoms. The van der Waals surface area contributed by atoms with E-state index in [0.29, 0.717) is 30.1 Å². The van der Waals surface area contributed by atoms with E-state index in [1.807, 2.05) is 6.07 Å². The van der Waals surface area contributed by atoms with Gasteiger partial charge < -0.3 is 9.88 Å². The van der Waals surface area contributed by atoms with E-state index in [1.165, 1.54) is 12.3 Å². The summed E-state index contributed by atoms with van der Waals surface area (Å²) in [6, 6.07) is 6.68. The molecule has 1 N–H and O–H groups in total. The Morgan fingerprint density at radius 3 is 2.92 bits per heavy atom. The molecule has 4 nitrogen and oxygen atoms in total. The van der Waals surface area contributed by atoms with Gasteiger partial charge in [0, 0.05) is 19.3 Å². The quantitative estimate of drug-likeness (QED) is 0.926. The highest BCUT2D eigenvalue weighted by atomic mass is 35.5. The molecule has 24 heavy (non-hydrogen) atoms. The number of pyridine rings is 1. The maximum atomic E-state index is 13.6.